The normalized spacial score (nSPS) is 10.7. The number of aromatic nitrogens is 1. The van der Waals surface area contributed by atoms with E-state index < -0.39 is 0 Å². The molecule has 0 unspecified atom stereocenters. The number of rotatable bonds is 5. The highest BCUT2D eigenvalue weighted by molar-refractivity contribution is 7.98. The van der Waals surface area contributed by atoms with E-state index in [1.807, 2.05) is 43.6 Å². The maximum atomic E-state index is 12.7. The lowest BCUT2D eigenvalue weighted by Crippen LogP contribution is -2.26. The van der Waals surface area contributed by atoms with Crippen molar-refractivity contribution in [3.8, 4) is 5.75 Å². The van der Waals surface area contributed by atoms with Crippen LogP contribution in [-0.4, -0.2) is 36.2 Å². The lowest BCUT2D eigenvalue weighted by molar-refractivity contribution is 0.0781. The van der Waals surface area contributed by atoms with Crippen LogP contribution in [0.2, 0.25) is 0 Å². The van der Waals surface area contributed by atoms with Gasteiger partial charge in [-0.3, -0.25) is 4.79 Å². The van der Waals surface area contributed by atoms with Crippen LogP contribution in [-0.2, 0) is 6.54 Å². The van der Waals surface area contributed by atoms with Gasteiger partial charge in [0, 0.05) is 19.8 Å². The predicted octanol–water partition coefficient (Wildman–Crippen LogP) is 4.24. The number of methoxy groups -OCH3 is 1. The van der Waals surface area contributed by atoms with Crippen molar-refractivity contribution in [2.24, 2.45) is 0 Å². The predicted molar refractivity (Wildman–Crippen MR) is 102 cm³/mol. The van der Waals surface area contributed by atoms with E-state index in [4.69, 9.17) is 4.74 Å². The Morgan fingerprint density at radius 1 is 1.16 bits per heavy atom. The van der Waals surface area contributed by atoms with Gasteiger partial charge in [-0.25, -0.2) is 4.98 Å². The summed E-state index contributed by atoms with van der Waals surface area (Å²) in [6.07, 6.45) is 3.64. The third-order valence-corrected chi connectivity index (χ3v) is 4.79. The van der Waals surface area contributed by atoms with Crippen molar-refractivity contribution in [3.63, 3.8) is 0 Å². The first-order chi connectivity index (χ1) is 12.1. The Morgan fingerprint density at radius 2 is 1.92 bits per heavy atom. The quantitative estimate of drug-likeness (QED) is 0.644. The Bertz CT molecular complexity index is 911. The molecule has 0 N–H and O–H groups in total. The molecule has 3 rings (SSSR count). The second-order valence-corrected chi connectivity index (χ2v) is 6.56. The van der Waals surface area contributed by atoms with Gasteiger partial charge in [0.2, 0.25) is 0 Å². The summed E-state index contributed by atoms with van der Waals surface area (Å²) in [6.45, 7) is 0.545. The molecule has 1 amide bonds. The van der Waals surface area contributed by atoms with E-state index >= 15 is 0 Å². The molecule has 3 aromatic rings. The van der Waals surface area contributed by atoms with Crippen LogP contribution in [0.15, 0.2) is 59.8 Å². The molecule has 5 heteroatoms. The Labute approximate surface area is 151 Å². The molecule has 0 fully saturated rings. The van der Waals surface area contributed by atoms with Crippen molar-refractivity contribution in [3.05, 3.63) is 65.9 Å². The summed E-state index contributed by atoms with van der Waals surface area (Å²) in [5, 5.41) is 3.00. The van der Waals surface area contributed by atoms with E-state index in [2.05, 4.69) is 17.1 Å². The number of carbonyl (C=O) groups is 1. The lowest BCUT2D eigenvalue weighted by atomic mass is 10.1. The number of amides is 1. The van der Waals surface area contributed by atoms with Crippen molar-refractivity contribution in [2.75, 3.05) is 20.4 Å². The largest absolute Gasteiger partial charge is 0.497 e. The molecule has 0 aliphatic heterocycles. The molecule has 0 saturated carbocycles. The molecular weight excluding hydrogens is 332 g/mol. The van der Waals surface area contributed by atoms with E-state index in [1.165, 1.54) is 11.8 Å². The van der Waals surface area contributed by atoms with Crippen molar-refractivity contribution in [2.45, 2.75) is 11.6 Å². The molecule has 0 radical (unpaired) electrons. The highest BCUT2D eigenvalue weighted by Gasteiger charge is 2.16. The van der Waals surface area contributed by atoms with Gasteiger partial charge in [0.15, 0.2) is 0 Å². The first-order valence-electron chi connectivity index (χ1n) is 7.93. The number of ether oxygens (including phenoxy) is 1. The molecule has 2 aromatic carbocycles. The summed E-state index contributed by atoms with van der Waals surface area (Å²) in [7, 11) is 3.48. The minimum atomic E-state index is -0.0210. The van der Waals surface area contributed by atoms with Gasteiger partial charge in [0.1, 0.15) is 10.8 Å². The molecule has 0 bridgehead atoms. The van der Waals surface area contributed by atoms with E-state index in [0.717, 1.165) is 27.1 Å². The van der Waals surface area contributed by atoms with Gasteiger partial charge in [-0.2, -0.15) is 0 Å². The average molecular weight is 352 g/mol. The van der Waals surface area contributed by atoms with Crippen LogP contribution in [0.25, 0.3) is 10.8 Å². The van der Waals surface area contributed by atoms with Gasteiger partial charge in [-0.1, -0.05) is 18.2 Å². The van der Waals surface area contributed by atoms with Crippen molar-refractivity contribution in [1.29, 1.82) is 0 Å². The maximum Gasteiger partial charge on any atom is 0.256 e. The molecule has 0 spiro atoms. The molecule has 1 heterocycles. The topological polar surface area (TPSA) is 42.4 Å². The Hall–Kier alpha value is -2.53. The summed E-state index contributed by atoms with van der Waals surface area (Å²) in [4.78, 5) is 18.7. The number of carbonyl (C=O) groups excluding carboxylic acids is 1. The third-order valence-electron chi connectivity index (χ3n) is 4.07. The number of pyridine rings is 1. The summed E-state index contributed by atoms with van der Waals surface area (Å²) in [5.74, 6) is 0.820. The molecule has 128 valence electrons. The van der Waals surface area contributed by atoms with Crippen LogP contribution in [0.5, 0.6) is 5.75 Å². The second kappa shape index (κ2) is 7.57. The maximum absolute atomic E-state index is 12.7. The van der Waals surface area contributed by atoms with E-state index in [-0.39, 0.29) is 5.91 Å². The minimum Gasteiger partial charge on any atom is -0.497 e. The van der Waals surface area contributed by atoms with Crippen molar-refractivity contribution in [1.82, 2.24) is 9.88 Å². The number of thioether (sulfide) groups is 1. The fourth-order valence-electron chi connectivity index (χ4n) is 2.77. The van der Waals surface area contributed by atoms with Crippen LogP contribution in [0.4, 0.5) is 0 Å². The van der Waals surface area contributed by atoms with Gasteiger partial charge < -0.3 is 9.64 Å². The smallest absolute Gasteiger partial charge is 0.256 e. The fourth-order valence-corrected chi connectivity index (χ4v) is 3.31. The van der Waals surface area contributed by atoms with Crippen LogP contribution < -0.4 is 4.74 Å². The summed E-state index contributed by atoms with van der Waals surface area (Å²) < 4.78 is 5.26. The van der Waals surface area contributed by atoms with Crippen LogP contribution in [0, 0.1) is 0 Å². The summed E-state index contributed by atoms with van der Waals surface area (Å²) in [5.41, 5.74) is 1.73. The molecule has 1 aromatic heterocycles. The van der Waals surface area contributed by atoms with Crippen LogP contribution >= 0.6 is 11.8 Å². The summed E-state index contributed by atoms with van der Waals surface area (Å²) in [6, 6.07) is 15.8. The first-order valence-corrected chi connectivity index (χ1v) is 9.16. The third kappa shape index (κ3) is 3.77. The van der Waals surface area contributed by atoms with Gasteiger partial charge in [-0.15, -0.1) is 11.8 Å². The monoisotopic (exact) mass is 352 g/mol. The zero-order valence-corrected chi connectivity index (χ0v) is 15.3. The zero-order valence-electron chi connectivity index (χ0n) is 14.5. The molecule has 25 heavy (non-hydrogen) atoms. The molecule has 0 aliphatic rings. The molecule has 0 saturated heterocycles. The first kappa shape index (κ1) is 17.3. The number of fused-ring (bicyclic) bond motifs is 1. The summed E-state index contributed by atoms with van der Waals surface area (Å²) >= 11 is 1.48. The minimum absolute atomic E-state index is 0.0210. The van der Waals surface area contributed by atoms with Gasteiger partial charge in [0.05, 0.1) is 12.7 Å². The zero-order chi connectivity index (χ0) is 17.8. The Morgan fingerprint density at radius 3 is 2.68 bits per heavy atom. The van der Waals surface area contributed by atoms with Gasteiger partial charge in [-0.05, 0) is 52.9 Å². The average Bonchev–Trinajstić information content (AvgIpc) is 2.66. The molecule has 0 aliphatic carbocycles. The van der Waals surface area contributed by atoms with Gasteiger partial charge in [0.25, 0.3) is 5.91 Å². The van der Waals surface area contributed by atoms with E-state index in [1.54, 1.807) is 24.3 Å². The van der Waals surface area contributed by atoms with E-state index in [0.29, 0.717) is 12.1 Å². The Balaban J connectivity index is 1.81. The van der Waals surface area contributed by atoms with Crippen molar-refractivity contribution < 1.29 is 9.53 Å². The van der Waals surface area contributed by atoms with Crippen LogP contribution in [0.3, 0.4) is 0 Å². The highest BCUT2D eigenvalue weighted by Crippen LogP contribution is 2.23. The Kier molecular flexibility index (Phi) is 5.24. The molecular formula is C20H20N2O2S. The number of nitrogens with zero attached hydrogens (tertiary/aromatic N) is 2. The van der Waals surface area contributed by atoms with E-state index in [9.17, 15) is 4.79 Å². The lowest BCUT2D eigenvalue weighted by Gasteiger charge is -2.18. The standard InChI is InChI=1S/C20H20N2O2S/c1-22(20(23)18-5-4-10-21-19(18)25-3)13-14-6-7-16-12-17(24-2)9-8-15(16)11-14/h4-12H,13H2,1-3H3. The van der Waals surface area contributed by atoms with Crippen LogP contribution in [0.1, 0.15) is 15.9 Å². The number of hydrogen-bond donors (Lipinski definition) is 0. The van der Waals surface area contributed by atoms with Gasteiger partial charge >= 0.3 is 0 Å². The fraction of sp³-hybridized carbons (Fsp3) is 0.200. The highest BCUT2D eigenvalue weighted by atomic mass is 32.2. The van der Waals surface area contributed by atoms with Crippen molar-refractivity contribution >= 4 is 28.4 Å². The number of hydrogen-bond acceptors (Lipinski definition) is 4. The SMILES string of the molecule is COc1ccc2cc(CN(C)C(=O)c3cccnc3SC)ccc2c1. The molecule has 4 nitrogen and oxygen atoms in total. The second-order valence-electron chi connectivity index (χ2n) is 5.77. The number of benzene rings is 2. The molecule has 0 atom stereocenters.